The lowest BCUT2D eigenvalue weighted by Gasteiger charge is -2.35. The standard InChI is InChI=1S/C22H33N3O4S2/c26-20(23-15-9-18(10-16-23)22(27)24-11-3-1-4-12-24)17-19-7-8-21(30-19)31(28,29)25-13-5-2-6-14-25/h7-8,18H,1-6,9-17H2. The van der Waals surface area contributed by atoms with Crippen LogP contribution in [0, 0.1) is 5.92 Å². The van der Waals surface area contributed by atoms with Crippen molar-refractivity contribution in [3.63, 3.8) is 0 Å². The molecule has 7 nitrogen and oxygen atoms in total. The molecule has 0 aromatic carbocycles. The first-order valence-electron chi connectivity index (χ1n) is 11.6. The van der Waals surface area contributed by atoms with E-state index >= 15 is 0 Å². The van der Waals surface area contributed by atoms with Gasteiger partial charge in [0.05, 0.1) is 6.42 Å². The number of carbonyl (C=O) groups excluding carboxylic acids is 2. The molecule has 1 aromatic heterocycles. The van der Waals surface area contributed by atoms with Crippen LogP contribution in [0.1, 0.15) is 56.2 Å². The molecule has 31 heavy (non-hydrogen) atoms. The van der Waals surface area contributed by atoms with E-state index in [0.717, 1.165) is 62.9 Å². The molecule has 0 bridgehead atoms. The first-order chi connectivity index (χ1) is 14.9. The molecule has 0 spiro atoms. The molecule has 0 unspecified atom stereocenters. The second-order valence-electron chi connectivity index (χ2n) is 8.90. The van der Waals surface area contributed by atoms with E-state index in [1.807, 2.05) is 9.80 Å². The van der Waals surface area contributed by atoms with Gasteiger partial charge in [0.15, 0.2) is 0 Å². The fraction of sp³-hybridized carbons (Fsp3) is 0.727. The van der Waals surface area contributed by atoms with Crippen LogP contribution in [0.3, 0.4) is 0 Å². The average Bonchev–Trinajstić information content (AvgIpc) is 3.29. The van der Waals surface area contributed by atoms with Crippen LogP contribution in [0.15, 0.2) is 16.3 Å². The number of piperidine rings is 3. The minimum Gasteiger partial charge on any atom is -0.342 e. The van der Waals surface area contributed by atoms with E-state index in [-0.39, 0.29) is 24.2 Å². The number of rotatable bonds is 5. The van der Waals surface area contributed by atoms with Crippen molar-refractivity contribution in [3.05, 3.63) is 17.0 Å². The Morgan fingerprint density at radius 3 is 2.10 bits per heavy atom. The predicted octanol–water partition coefficient (Wildman–Crippen LogP) is 2.72. The highest BCUT2D eigenvalue weighted by molar-refractivity contribution is 7.91. The van der Waals surface area contributed by atoms with Gasteiger partial charge in [0, 0.05) is 50.1 Å². The molecule has 1 aromatic rings. The van der Waals surface area contributed by atoms with Gasteiger partial charge in [0.1, 0.15) is 4.21 Å². The Balaban J connectivity index is 1.29. The topological polar surface area (TPSA) is 78.0 Å². The summed E-state index contributed by atoms with van der Waals surface area (Å²) in [4.78, 5) is 30.1. The van der Waals surface area contributed by atoms with Crippen LogP contribution in [0.5, 0.6) is 0 Å². The van der Waals surface area contributed by atoms with Crippen LogP contribution in [-0.4, -0.2) is 73.6 Å². The van der Waals surface area contributed by atoms with Gasteiger partial charge in [-0.15, -0.1) is 11.3 Å². The second-order valence-corrected chi connectivity index (χ2v) is 12.2. The average molecular weight is 468 g/mol. The first kappa shape index (κ1) is 22.7. The van der Waals surface area contributed by atoms with E-state index in [2.05, 4.69) is 0 Å². The number of sulfonamides is 1. The van der Waals surface area contributed by atoms with Gasteiger partial charge in [0.25, 0.3) is 10.0 Å². The number of hydrogen-bond acceptors (Lipinski definition) is 5. The zero-order valence-electron chi connectivity index (χ0n) is 18.1. The fourth-order valence-electron chi connectivity index (χ4n) is 4.83. The second kappa shape index (κ2) is 10.0. The van der Waals surface area contributed by atoms with Crippen molar-refractivity contribution < 1.29 is 18.0 Å². The highest BCUT2D eigenvalue weighted by Crippen LogP contribution is 2.28. The first-order valence-corrected chi connectivity index (χ1v) is 13.9. The molecule has 0 saturated carbocycles. The Kier molecular flexibility index (Phi) is 7.33. The zero-order valence-corrected chi connectivity index (χ0v) is 19.8. The molecule has 9 heteroatoms. The van der Waals surface area contributed by atoms with Gasteiger partial charge < -0.3 is 9.80 Å². The number of nitrogens with zero attached hydrogens (tertiary/aromatic N) is 3. The van der Waals surface area contributed by atoms with Crippen LogP contribution in [0.2, 0.25) is 0 Å². The lowest BCUT2D eigenvalue weighted by atomic mass is 9.94. The van der Waals surface area contributed by atoms with Crippen LogP contribution in [-0.2, 0) is 26.0 Å². The van der Waals surface area contributed by atoms with E-state index in [1.165, 1.54) is 17.8 Å². The summed E-state index contributed by atoms with van der Waals surface area (Å²) in [6.07, 6.45) is 7.97. The minimum atomic E-state index is -3.44. The third-order valence-corrected chi connectivity index (χ3v) is 10.2. The van der Waals surface area contributed by atoms with Crippen molar-refractivity contribution in [3.8, 4) is 0 Å². The van der Waals surface area contributed by atoms with Crippen LogP contribution in [0.4, 0.5) is 0 Å². The molecule has 3 fully saturated rings. The molecular weight excluding hydrogens is 434 g/mol. The lowest BCUT2D eigenvalue weighted by molar-refractivity contribution is -0.141. The molecule has 0 radical (unpaired) electrons. The molecule has 3 aliphatic rings. The summed E-state index contributed by atoms with van der Waals surface area (Å²) in [6.45, 7) is 4.12. The predicted molar refractivity (Wildman–Crippen MR) is 120 cm³/mol. The molecule has 172 valence electrons. The zero-order chi connectivity index (χ0) is 21.8. The van der Waals surface area contributed by atoms with Gasteiger partial charge in [-0.05, 0) is 57.1 Å². The van der Waals surface area contributed by atoms with E-state index in [0.29, 0.717) is 30.4 Å². The summed E-state index contributed by atoms with van der Waals surface area (Å²) in [6, 6.07) is 3.41. The summed E-state index contributed by atoms with van der Waals surface area (Å²) < 4.78 is 27.6. The van der Waals surface area contributed by atoms with Gasteiger partial charge in [-0.3, -0.25) is 9.59 Å². The molecule has 0 aliphatic carbocycles. The molecule has 3 aliphatic heterocycles. The molecular formula is C22H33N3O4S2. The summed E-state index contributed by atoms with van der Waals surface area (Å²) in [5, 5.41) is 0. The number of thiophene rings is 1. The van der Waals surface area contributed by atoms with Crippen molar-refractivity contribution in [2.75, 3.05) is 39.3 Å². The molecule has 3 saturated heterocycles. The van der Waals surface area contributed by atoms with E-state index < -0.39 is 10.0 Å². The molecule has 4 heterocycles. The number of likely N-dealkylation sites (tertiary alicyclic amines) is 2. The molecule has 0 N–H and O–H groups in total. The summed E-state index contributed by atoms with van der Waals surface area (Å²) in [5.74, 6) is 0.315. The Hall–Kier alpha value is -1.45. The Bertz CT molecular complexity index is 878. The van der Waals surface area contributed by atoms with Crippen LogP contribution >= 0.6 is 11.3 Å². The van der Waals surface area contributed by atoms with Crippen LogP contribution in [0.25, 0.3) is 0 Å². The highest BCUT2D eigenvalue weighted by atomic mass is 32.2. The summed E-state index contributed by atoms with van der Waals surface area (Å²) in [5.41, 5.74) is 0. The monoisotopic (exact) mass is 467 g/mol. The lowest BCUT2D eigenvalue weighted by Crippen LogP contribution is -2.46. The van der Waals surface area contributed by atoms with Crippen molar-refractivity contribution in [2.45, 2.75) is 62.0 Å². The third kappa shape index (κ3) is 5.31. The Morgan fingerprint density at radius 2 is 1.45 bits per heavy atom. The summed E-state index contributed by atoms with van der Waals surface area (Å²) >= 11 is 1.21. The Morgan fingerprint density at radius 1 is 0.839 bits per heavy atom. The number of hydrogen-bond donors (Lipinski definition) is 0. The maximum Gasteiger partial charge on any atom is 0.252 e. The summed E-state index contributed by atoms with van der Waals surface area (Å²) in [7, 11) is -3.44. The fourth-order valence-corrected chi connectivity index (χ4v) is 7.85. The normalized spacial score (nSPS) is 21.9. The van der Waals surface area contributed by atoms with Gasteiger partial charge in [-0.2, -0.15) is 4.31 Å². The largest absolute Gasteiger partial charge is 0.342 e. The van der Waals surface area contributed by atoms with E-state index in [4.69, 9.17) is 0 Å². The molecule has 2 amide bonds. The highest BCUT2D eigenvalue weighted by Gasteiger charge is 2.31. The quantitative estimate of drug-likeness (QED) is 0.667. The van der Waals surface area contributed by atoms with Crippen molar-refractivity contribution in [1.82, 2.24) is 14.1 Å². The third-order valence-electron chi connectivity index (χ3n) is 6.74. The molecule has 0 atom stereocenters. The Labute approximate surface area is 189 Å². The number of carbonyl (C=O) groups is 2. The van der Waals surface area contributed by atoms with Gasteiger partial charge in [0.2, 0.25) is 11.8 Å². The SMILES string of the molecule is O=C(Cc1ccc(S(=O)(=O)N2CCCCC2)s1)N1CCC(C(=O)N2CCCCC2)CC1. The van der Waals surface area contributed by atoms with Gasteiger partial charge >= 0.3 is 0 Å². The van der Waals surface area contributed by atoms with Crippen molar-refractivity contribution >= 4 is 33.2 Å². The van der Waals surface area contributed by atoms with E-state index in [9.17, 15) is 18.0 Å². The minimum absolute atomic E-state index is 0.0210. The van der Waals surface area contributed by atoms with Crippen molar-refractivity contribution in [1.29, 1.82) is 0 Å². The maximum atomic E-state index is 12.8. The van der Waals surface area contributed by atoms with Crippen molar-refractivity contribution in [2.24, 2.45) is 5.92 Å². The smallest absolute Gasteiger partial charge is 0.252 e. The molecule has 4 rings (SSSR count). The van der Waals surface area contributed by atoms with Gasteiger partial charge in [-0.1, -0.05) is 6.42 Å². The number of amides is 2. The van der Waals surface area contributed by atoms with E-state index in [1.54, 1.807) is 16.4 Å². The maximum absolute atomic E-state index is 12.8. The van der Waals surface area contributed by atoms with Gasteiger partial charge in [-0.25, -0.2) is 8.42 Å². The van der Waals surface area contributed by atoms with Crippen LogP contribution < -0.4 is 0 Å².